The number of fused-ring (bicyclic) bond motifs is 1. The van der Waals surface area contributed by atoms with E-state index in [1.54, 1.807) is 0 Å². The van der Waals surface area contributed by atoms with Crippen LogP contribution in [-0.2, 0) is 17.8 Å². The lowest BCUT2D eigenvalue weighted by Gasteiger charge is -2.25. The summed E-state index contributed by atoms with van der Waals surface area (Å²) in [5, 5.41) is 11.4. The van der Waals surface area contributed by atoms with E-state index >= 15 is 0 Å². The number of rotatable bonds is 5. The number of aryl methyl sites for hydroxylation is 1. The van der Waals surface area contributed by atoms with Crippen LogP contribution in [0.4, 0.5) is 0 Å². The molecule has 0 radical (unpaired) electrons. The van der Waals surface area contributed by atoms with Gasteiger partial charge in [-0.25, -0.2) is 0 Å². The van der Waals surface area contributed by atoms with E-state index in [4.69, 9.17) is 5.21 Å². The number of carbonyl (C=O) groups is 1. The Hall–Kier alpha value is -0.700. The molecule has 0 fully saturated rings. The maximum absolute atomic E-state index is 11.4. The third-order valence-electron chi connectivity index (χ3n) is 3.66. The van der Waals surface area contributed by atoms with Crippen molar-refractivity contribution in [3.8, 4) is 0 Å². The van der Waals surface area contributed by atoms with Crippen molar-refractivity contribution in [3.05, 3.63) is 32.9 Å². The van der Waals surface area contributed by atoms with Gasteiger partial charge in [0.05, 0.1) is 6.54 Å². The van der Waals surface area contributed by atoms with Gasteiger partial charge in [0.2, 0.25) is 5.91 Å². The zero-order valence-corrected chi connectivity index (χ0v) is 14.4. The fourth-order valence-electron chi connectivity index (χ4n) is 2.78. The molecule has 0 saturated heterocycles. The Bertz CT molecular complexity index is 496. The molecule has 0 unspecified atom stereocenters. The SMILES string of the molecule is C[C@@H](CN1CCCc2cc(I)ccc2C1)NC(=O)CNO. The normalized spacial score (nSPS) is 16.9. The van der Waals surface area contributed by atoms with E-state index in [9.17, 15) is 4.79 Å². The van der Waals surface area contributed by atoms with Crippen LogP contribution in [0.1, 0.15) is 24.5 Å². The van der Waals surface area contributed by atoms with Crippen molar-refractivity contribution in [2.45, 2.75) is 32.4 Å². The second-order valence-electron chi connectivity index (χ2n) is 5.56. The Morgan fingerprint density at radius 3 is 3.05 bits per heavy atom. The molecule has 1 aromatic carbocycles. The lowest BCUT2D eigenvalue weighted by molar-refractivity contribution is -0.122. The number of hydrogen-bond donors (Lipinski definition) is 3. The first-order valence-electron chi connectivity index (χ1n) is 7.24. The summed E-state index contributed by atoms with van der Waals surface area (Å²) in [7, 11) is 0. The van der Waals surface area contributed by atoms with Gasteiger partial charge in [-0.2, -0.15) is 5.48 Å². The summed E-state index contributed by atoms with van der Waals surface area (Å²) >= 11 is 2.36. The summed E-state index contributed by atoms with van der Waals surface area (Å²) in [5.41, 5.74) is 4.72. The summed E-state index contributed by atoms with van der Waals surface area (Å²) in [6.07, 6.45) is 2.27. The zero-order chi connectivity index (χ0) is 15.2. The van der Waals surface area contributed by atoms with Crippen molar-refractivity contribution in [1.82, 2.24) is 15.7 Å². The summed E-state index contributed by atoms with van der Waals surface area (Å²) in [4.78, 5) is 13.8. The van der Waals surface area contributed by atoms with Crippen LogP contribution < -0.4 is 10.8 Å². The first-order valence-corrected chi connectivity index (χ1v) is 8.32. The summed E-state index contributed by atoms with van der Waals surface area (Å²) in [6, 6.07) is 6.71. The Morgan fingerprint density at radius 1 is 1.48 bits per heavy atom. The van der Waals surface area contributed by atoms with Gasteiger partial charge in [0, 0.05) is 22.7 Å². The molecule has 6 heteroatoms. The number of hydrogen-bond acceptors (Lipinski definition) is 4. The first kappa shape index (κ1) is 16.7. The molecular weight excluding hydrogens is 381 g/mol. The Morgan fingerprint density at radius 2 is 2.29 bits per heavy atom. The third-order valence-corrected chi connectivity index (χ3v) is 4.33. The predicted molar refractivity (Wildman–Crippen MR) is 90.2 cm³/mol. The molecule has 3 N–H and O–H groups in total. The highest BCUT2D eigenvalue weighted by Gasteiger charge is 2.17. The van der Waals surface area contributed by atoms with Gasteiger partial charge in [-0.1, -0.05) is 6.07 Å². The fourth-order valence-corrected chi connectivity index (χ4v) is 3.34. The van der Waals surface area contributed by atoms with E-state index in [0.29, 0.717) is 0 Å². The molecule has 21 heavy (non-hydrogen) atoms. The van der Waals surface area contributed by atoms with Gasteiger partial charge in [-0.05, 0) is 72.2 Å². The van der Waals surface area contributed by atoms with Crippen LogP contribution in [0.5, 0.6) is 0 Å². The second kappa shape index (κ2) is 8.07. The molecule has 1 heterocycles. The largest absolute Gasteiger partial charge is 0.351 e. The molecule has 2 rings (SSSR count). The van der Waals surface area contributed by atoms with Crippen LogP contribution in [0.2, 0.25) is 0 Å². The number of nitrogens with zero attached hydrogens (tertiary/aromatic N) is 1. The number of carbonyl (C=O) groups excluding carboxylic acids is 1. The third kappa shape index (κ3) is 5.21. The lowest BCUT2D eigenvalue weighted by atomic mass is 10.0. The highest BCUT2D eigenvalue weighted by molar-refractivity contribution is 14.1. The molecule has 116 valence electrons. The Balaban J connectivity index is 1.92. The van der Waals surface area contributed by atoms with Crippen LogP contribution in [0, 0.1) is 3.57 Å². The van der Waals surface area contributed by atoms with Gasteiger partial charge in [0.25, 0.3) is 0 Å². The van der Waals surface area contributed by atoms with E-state index < -0.39 is 0 Å². The molecular formula is C15H22IN3O2. The Kier molecular flexibility index (Phi) is 6.40. The van der Waals surface area contributed by atoms with Crippen molar-refractivity contribution < 1.29 is 10.0 Å². The molecule has 0 spiro atoms. The molecule has 1 aliphatic heterocycles. The lowest BCUT2D eigenvalue weighted by Crippen LogP contribution is -2.44. The van der Waals surface area contributed by atoms with Gasteiger partial charge < -0.3 is 10.5 Å². The van der Waals surface area contributed by atoms with Crippen LogP contribution >= 0.6 is 22.6 Å². The monoisotopic (exact) mass is 403 g/mol. The minimum Gasteiger partial charge on any atom is -0.351 e. The van der Waals surface area contributed by atoms with E-state index in [0.717, 1.165) is 32.5 Å². The van der Waals surface area contributed by atoms with Crippen LogP contribution in [0.3, 0.4) is 0 Å². The summed E-state index contributed by atoms with van der Waals surface area (Å²) in [6.45, 7) is 4.73. The van der Waals surface area contributed by atoms with Gasteiger partial charge in [0.1, 0.15) is 0 Å². The maximum atomic E-state index is 11.4. The molecule has 1 atom stereocenters. The molecule has 0 aliphatic carbocycles. The van der Waals surface area contributed by atoms with Crippen LogP contribution in [0.15, 0.2) is 18.2 Å². The molecule has 5 nitrogen and oxygen atoms in total. The number of amides is 1. The smallest absolute Gasteiger partial charge is 0.236 e. The van der Waals surface area contributed by atoms with E-state index in [-0.39, 0.29) is 18.5 Å². The number of nitrogens with one attached hydrogen (secondary N) is 2. The maximum Gasteiger partial charge on any atom is 0.236 e. The minimum absolute atomic E-state index is 0.0639. The summed E-state index contributed by atoms with van der Waals surface area (Å²) < 4.78 is 1.29. The van der Waals surface area contributed by atoms with Gasteiger partial charge in [0.15, 0.2) is 0 Å². The highest BCUT2D eigenvalue weighted by Crippen LogP contribution is 2.21. The zero-order valence-electron chi connectivity index (χ0n) is 12.2. The quantitative estimate of drug-likeness (QED) is 0.516. The number of hydroxylamine groups is 1. The average molecular weight is 403 g/mol. The van der Waals surface area contributed by atoms with Crippen LogP contribution in [0.25, 0.3) is 0 Å². The number of halogens is 1. The van der Waals surface area contributed by atoms with Crippen molar-refractivity contribution in [2.24, 2.45) is 0 Å². The van der Waals surface area contributed by atoms with Gasteiger partial charge >= 0.3 is 0 Å². The molecule has 1 amide bonds. The van der Waals surface area contributed by atoms with Crippen molar-refractivity contribution in [3.63, 3.8) is 0 Å². The van der Waals surface area contributed by atoms with Crippen molar-refractivity contribution in [2.75, 3.05) is 19.6 Å². The Labute approximate surface area is 139 Å². The van der Waals surface area contributed by atoms with E-state index in [1.807, 2.05) is 12.4 Å². The van der Waals surface area contributed by atoms with E-state index in [1.165, 1.54) is 14.7 Å². The highest BCUT2D eigenvalue weighted by atomic mass is 127. The van der Waals surface area contributed by atoms with Gasteiger partial charge in [-0.3, -0.25) is 9.69 Å². The standard InChI is InChI=1S/C15H22IN3O2/c1-11(18-15(20)8-17-21)9-19-6-2-3-12-7-14(16)5-4-13(12)10-19/h4-5,7,11,17,21H,2-3,6,8-10H2,1H3,(H,18,20)/t11-/m0/s1. The molecule has 1 aliphatic rings. The molecule has 0 aromatic heterocycles. The molecule has 1 aromatic rings. The van der Waals surface area contributed by atoms with Gasteiger partial charge in [-0.15, -0.1) is 0 Å². The topological polar surface area (TPSA) is 64.6 Å². The van der Waals surface area contributed by atoms with E-state index in [2.05, 4.69) is 51.0 Å². The summed E-state index contributed by atoms with van der Waals surface area (Å²) in [5.74, 6) is -0.185. The molecule has 0 saturated carbocycles. The first-order chi connectivity index (χ1) is 10.1. The number of benzene rings is 1. The van der Waals surface area contributed by atoms with Crippen LogP contribution in [-0.4, -0.2) is 41.7 Å². The van der Waals surface area contributed by atoms with Crippen molar-refractivity contribution >= 4 is 28.5 Å². The second-order valence-corrected chi connectivity index (χ2v) is 6.80. The average Bonchev–Trinajstić information content (AvgIpc) is 2.60. The minimum atomic E-state index is -0.185. The van der Waals surface area contributed by atoms with Crippen molar-refractivity contribution in [1.29, 1.82) is 0 Å². The fraction of sp³-hybridized carbons (Fsp3) is 0.533. The molecule has 0 bridgehead atoms. The predicted octanol–water partition coefficient (Wildman–Crippen LogP) is 1.52.